The molecule has 3 rings (SSSR count). The van der Waals surface area contributed by atoms with Gasteiger partial charge in [0.05, 0.1) is 9.82 Å². The zero-order chi connectivity index (χ0) is 20.1. The van der Waals surface area contributed by atoms with Crippen LogP contribution in [0.25, 0.3) is 0 Å². The largest absolute Gasteiger partial charge is 0.350 e. The highest BCUT2D eigenvalue weighted by atomic mass is 32.2. The number of hydrogen-bond donors (Lipinski definition) is 2. The van der Waals surface area contributed by atoms with Crippen LogP contribution in [-0.2, 0) is 0 Å². The number of nitrogens with zero attached hydrogens (tertiary/aromatic N) is 2. The van der Waals surface area contributed by atoms with Crippen LogP contribution in [0.4, 0.5) is 11.4 Å². The van der Waals surface area contributed by atoms with E-state index in [2.05, 4.69) is 22.9 Å². The molecule has 1 saturated heterocycles. The van der Waals surface area contributed by atoms with E-state index < -0.39 is 4.92 Å². The average molecular weight is 402 g/mol. The number of carbonyl (C=O) groups excluding carboxylic acids is 1. The molecule has 148 valence electrons. The number of nitro groups is 1. The van der Waals surface area contributed by atoms with Gasteiger partial charge in [0.15, 0.2) is 0 Å². The van der Waals surface area contributed by atoms with E-state index in [1.54, 1.807) is 12.1 Å². The van der Waals surface area contributed by atoms with Crippen LogP contribution in [0.3, 0.4) is 0 Å². The fraction of sp³-hybridized carbons (Fsp3) is 0.350. The molecule has 1 heterocycles. The smallest absolute Gasteiger partial charge is 0.284 e. The Hall–Kier alpha value is -2.42. The SMILES string of the molecule is CCN1CCCC1CNC(=O)c1ccc(Sc2cccc([NH3+])c2)c([N+](=O)[O-])c1. The number of nitrogens with one attached hydrogen (secondary N) is 1. The predicted octanol–water partition coefficient (Wildman–Crippen LogP) is 2.83. The van der Waals surface area contributed by atoms with E-state index in [1.807, 2.05) is 24.3 Å². The number of quaternary nitrogens is 1. The van der Waals surface area contributed by atoms with Gasteiger partial charge in [0.25, 0.3) is 11.6 Å². The first-order chi connectivity index (χ1) is 13.5. The molecule has 7 nitrogen and oxygen atoms in total. The highest BCUT2D eigenvalue weighted by molar-refractivity contribution is 7.99. The first kappa shape index (κ1) is 20.3. The van der Waals surface area contributed by atoms with Crippen molar-refractivity contribution in [3.05, 3.63) is 58.1 Å². The van der Waals surface area contributed by atoms with Gasteiger partial charge in [-0.2, -0.15) is 0 Å². The fourth-order valence-corrected chi connectivity index (χ4v) is 4.46. The van der Waals surface area contributed by atoms with E-state index in [-0.39, 0.29) is 11.6 Å². The topological polar surface area (TPSA) is 103 Å². The molecule has 1 atom stereocenters. The number of nitro benzene ring substituents is 1. The zero-order valence-electron chi connectivity index (χ0n) is 15.9. The van der Waals surface area contributed by atoms with Crippen molar-refractivity contribution in [3.63, 3.8) is 0 Å². The number of carbonyl (C=O) groups is 1. The molecule has 1 unspecified atom stereocenters. The van der Waals surface area contributed by atoms with Crippen LogP contribution in [0.15, 0.2) is 52.3 Å². The van der Waals surface area contributed by atoms with Gasteiger partial charge in [0.2, 0.25) is 0 Å². The molecule has 2 aromatic rings. The van der Waals surface area contributed by atoms with Gasteiger partial charge in [-0.3, -0.25) is 19.8 Å². The van der Waals surface area contributed by atoms with Gasteiger partial charge in [-0.1, -0.05) is 24.8 Å². The number of rotatable bonds is 7. The molecule has 1 amide bonds. The summed E-state index contributed by atoms with van der Waals surface area (Å²) >= 11 is 1.29. The summed E-state index contributed by atoms with van der Waals surface area (Å²) in [5.74, 6) is -0.276. The molecule has 0 radical (unpaired) electrons. The number of likely N-dealkylation sites (tertiary alicyclic amines) is 1. The standard InChI is InChI=1S/C20H24N4O3S/c1-2-23-10-4-6-16(23)13-22-20(25)14-8-9-19(18(11-14)24(26)27)28-17-7-3-5-15(21)12-17/h3,5,7-9,11-12,16H,2,4,6,10,13,21H2,1H3,(H,22,25)/p+1. The second-order valence-electron chi connectivity index (χ2n) is 6.82. The van der Waals surface area contributed by atoms with Crippen LogP contribution in [0.2, 0.25) is 0 Å². The van der Waals surface area contributed by atoms with E-state index in [9.17, 15) is 14.9 Å². The molecule has 0 aromatic heterocycles. The van der Waals surface area contributed by atoms with Crippen molar-refractivity contribution in [3.8, 4) is 0 Å². The Morgan fingerprint density at radius 2 is 2.18 bits per heavy atom. The third kappa shape index (κ3) is 4.89. The van der Waals surface area contributed by atoms with Crippen molar-refractivity contribution >= 4 is 29.0 Å². The van der Waals surface area contributed by atoms with Gasteiger partial charge in [0.1, 0.15) is 5.69 Å². The quantitative estimate of drug-likeness (QED) is 0.548. The van der Waals surface area contributed by atoms with Crippen LogP contribution in [0.1, 0.15) is 30.1 Å². The number of likely N-dealkylation sites (N-methyl/N-ethyl adjacent to an activating group) is 1. The van der Waals surface area contributed by atoms with E-state index in [0.717, 1.165) is 36.5 Å². The van der Waals surface area contributed by atoms with Crippen molar-refractivity contribution in [2.75, 3.05) is 19.6 Å². The van der Waals surface area contributed by atoms with E-state index >= 15 is 0 Å². The normalized spacial score (nSPS) is 16.9. The van der Waals surface area contributed by atoms with Crippen molar-refractivity contribution < 1.29 is 15.5 Å². The lowest BCUT2D eigenvalue weighted by molar-refractivity contribution is -0.387. The molecule has 1 aliphatic heterocycles. The molecule has 0 bridgehead atoms. The van der Waals surface area contributed by atoms with Crippen LogP contribution in [0.5, 0.6) is 0 Å². The Labute approximate surface area is 168 Å². The fourth-order valence-electron chi connectivity index (χ4n) is 3.48. The number of amides is 1. The van der Waals surface area contributed by atoms with Crippen molar-refractivity contribution in [1.29, 1.82) is 0 Å². The minimum absolute atomic E-state index is 0.0665. The summed E-state index contributed by atoms with van der Waals surface area (Å²) in [5, 5.41) is 14.5. The second kappa shape index (κ2) is 9.18. The highest BCUT2D eigenvalue weighted by Gasteiger charge is 2.24. The first-order valence-electron chi connectivity index (χ1n) is 9.38. The molecule has 0 aliphatic carbocycles. The Morgan fingerprint density at radius 3 is 2.89 bits per heavy atom. The molecule has 28 heavy (non-hydrogen) atoms. The maximum Gasteiger partial charge on any atom is 0.284 e. The molecule has 0 saturated carbocycles. The molecular formula is C20H25N4O3S+. The minimum Gasteiger partial charge on any atom is -0.350 e. The van der Waals surface area contributed by atoms with Gasteiger partial charge in [-0.15, -0.1) is 0 Å². The molecule has 1 aliphatic rings. The Balaban J connectivity index is 1.72. The van der Waals surface area contributed by atoms with Crippen molar-refractivity contribution in [2.24, 2.45) is 0 Å². The summed E-state index contributed by atoms with van der Waals surface area (Å²) in [6.07, 6.45) is 2.20. The minimum atomic E-state index is -0.442. The lowest BCUT2D eigenvalue weighted by atomic mass is 10.1. The predicted molar refractivity (Wildman–Crippen MR) is 109 cm³/mol. The van der Waals surface area contributed by atoms with Gasteiger partial charge >= 0.3 is 0 Å². The Morgan fingerprint density at radius 1 is 1.36 bits per heavy atom. The van der Waals surface area contributed by atoms with Crippen LogP contribution in [-0.4, -0.2) is 41.4 Å². The zero-order valence-corrected chi connectivity index (χ0v) is 16.7. The molecule has 8 heteroatoms. The van der Waals surface area contributed by atoms with E-state index in [0.29, 0.717) is 23.0 Å². The summed E-state index contributed by atoms with van der Waals surface area (Å²) in [5.41, 5.74) is 4.96. The maximum absolute atomic E-state index is 12.5. The molecule has 4 N–H and O–H groups in total. The van der Waals surface area contributed by atoms with Crippen molar-refractivity contribution in [1.82, 2.24) is 10.2 Å². The summed E-state index contributed by atoms with van der Waals surface area (Å²) < 4.78 is 0. The molecule has 2 aromatic carbocycles. The molecule has 1 fully saturated rings. The van der Waals surface area contributed by atoms with E-state index in [1.165, 1.54) is 17.8 Å². The van der Waals surface area contributed by atoms with Gasteiger partial charge in [-0.05, 0) is 50.2 Å². The number of hydrogen-bond acceptors (Lipinski definition) is 5. The third-order valence-corrected chi connectivity index (χ3v) is 6.00. The Kier molecular flexibility index (Phi) is 6.66. The lowest BCUT2D eigenvalue weighted by Crippen LogP contribution is -2.40. The molecule has 0 spiro atoms. The monoisotopic (exact) mass is 401 g/mol. The maximum atomic E-state index is 12.5. The summed E-state index contributed by atoms with van der Waals surface area (Å²) in [6.45, 7) is 4.70. The third-order valence-electron chi connectivity index (χ3n) is 4.95. The van der Waals surface area contributed by atoms with Crippen LogP contribution >= 0.6 is 11.8 Å². The summed E-state index contributed by atoms with van der Waals surface area (Å²) in [7, 11) is 0. The lowest BCUT2D eigenvalue weighted by Gasteiger charge is -2.22. The summed E-state index contributed by atoms with van der Waals surface area (Å²) in [6, 6.07) is 12.5. The van der Waals surface area contributed by atoms with Crippen LogP contribution < -0.4 is 11.1 Å². The second-order valence-corrected chi connectivity index (χ2v) is 7.94. The van der Waals surface area contributed by atoms with Gasteiger partial charge in [-0.25, -0.2) is 0 Å². The van der Waals surface area contributed by atoms with Gasteiger partial charge < -0.3 is 11.1 Å². The van der Waals surface area contributed by atoms with Crippen molar-refractivity contribution in [2.45, 2.75) is 35.6 Å². The summed E-state index contributed by atoms with van der Waals surface area (Å²) in [4.78, 5) is 27.3. The van der Waals surface area contributed by atoms with Crippen LogP contribution in [0, 0.1) is 10.1 Å². The Bertz CT molecular complexity index is 874. The first-order valence-corrected chi connectivity index (χ1v) is 10.2. The molecular weight excluding hydrogens is 376 g/mol. The average Bonchev–Trinajstić information content (AvgIpc) is 3.14. The number of benzene rings is 2. The van der Waals surface area contributed by atoms with E-state index in [4.69, 9.17) is 0 Å². The van der Waals surface area contributed by atoms with Gasteiger partial charge in [0, 0.05) is 35.2 Å². The highest BCUT2D eigenvalue weighted by Crippen LogP contribution is 2.35.